The maximum Gasteiger partial charge on any atom is 0.194 e. The van der Waals surface area contributed by atoms with Crippen molar-refractivity contribution in [1.29, 1.82) is 5.26 Å². The number of anilines is 1. The van der Waals surface area contributed by atoms with Gasteiger partial charge in [-0.15, -0.1) is 0 Å². The molecule has 0 aliphatic heterocycles. The Morgan fingerprint density at radius 2 is 2.25 bits per heavy atom. The summed E-state index contributed by atoms with van der Waals surface area (Å²) < 4.78 is 5.09. The van der Waals surface area contributed by atoms with Crippen molar-refractivity contribution in [2.24, 2.45) is 10.8 Å². The van der Waals surface area contributed by atoms with E-state index >= 15 is 0 Å². The molecule has 0 spiro atoms. The molecule has 1 aromatic rings. The molecule has 0 saturated carbocycles. The number of rotatable bonds is 4. The minimum Gasteiger partial charge on any atom is -0.495 e. The lowest BCUT2D eigenvalue weighted by atomic mass is 10.3. The Morgan fingerprint density at radius 3 is 2.81 bits per heavy atom. The number of nitriles is 1. The second kappa shape index (κ2) is 5.68. The normalized spacial score (nSPS) is 10.4. The highest BCUT2D eigenvalue weighted by molar-refractivity contribution is 7.82. The van der Waals surface area contributed by atoms with E-state index in [1.807, 2.05) is 12.1 Å². The third-order valence-electron chi connectivity index (χ3n) is 1.73. The Morgan fingerprint density at radius 1 is 1.56 bits per heavy atom. The lowest BCUT2D eigenvalue weighted by Crippen LogP contribution is -2.20. The van der Waals surface area contributed by atoms with Crippen molar-refractivity contribution in [2.75, 3.05) is 12.5 Å². The van der Waals surface area contributed by atoms with Crippen LogP contribution >= 0.6 is 12.2 Å². The molecule has 0 saturated heterocycles. The van der Waals surface area contributed by atoms with Crippen LogP contribution in [0.3, 0.4) is 0 Å². The van der Waals surface area contributed by atoms with Crippen LogP contribution in [0.4, 0.5) is 5.69 Å². The van der Waals surface area contributed by atoms with E-state index in [1.165, 1.54) is 0 Å². The highest BCUT2D eigenvalue weighted by atomic mass is 32.1. The zero-order valence-corrected chi connectivity index (χ0v) is 9.41. The number of nitrogens with zero attached hydrogens (tertiary/aromatic N) is 2. The number of hydrogen-bond acceptors (Lipinski definition) is 5. The van der Waals surface area contributed by atoms with Crippen molar-refractivity contribution in [2.45, 2.75) is 0 Å². The molecule has 0 amide bonds. The average Bonchev–Trinajstić information content (AvgIpc) is 2.30. The molecule has 5 nitrogen and oxygen atoms in total. The van der Waals surface area contributed by atoms with Crippen LogP contribution in [0.25, 0.3) is 0 Å². The maximum absolute atomic E-state index is 8.68. The summed E-state index contributed by atoms with van der Waals surface area (Å²) in [5.41, 5.74) is 8.56. The van der Waals surface area contributed by atoms with Gasteiger partial charge in [-0.1, -0.05) is 24.4 Å². The fourth-order valence-corrected chi connectivity index (χ4v) is 1.08. The molecule has 0 unspecified atom stereocenters. The van der Waals surface area contributed by atoms with E-state index in [0.29, 0.717) is 11.4 Å². The summed E-state index contributed by atoms with van der Waals surface area (Å²) in [4.78, 5) is -0.0510. The molecule has 82 valence electrons. The third-order valence-corrected chi connectivity index (χ3v) is 1.93. The summed E-state index contributed by atoms with van der Waals surface area (Å²) in [6, 6.07) is 8.96. The van der Waals surface area contributed by atoms with E-state index in [1.54, 1.807) is 25.3 Å². The van der Waals surface area contributed by atoms with Gasteiger partial charge in [-0.25, -0.2) is 0 Å². The van der Waals surface area contributed by atoms with Gasteiger partial charge in [0, 0.05) is 0 Å². The minimum absolute atomic E-state index is 0.0269. The minimum atomic E-state index is -0.0510. The molecule has 0 fully saturated rings. The second-order valence-corrected chi connectivity index (χ2v) is 3.19. The Balaban J connectivity index is 2.89. The van der Waals surface area contributed by atoms with Crippen molar-refractivity contribution in [3.63, 3.8) is 0 Å². The number of methoxy groups -OCH3 is 1. The van der Waals surface area contributed by atoms with Gasteiger partial charge in [0.15, 0.2) is 5.71 Å². The lowest BCUT2D eigenvalue weighted by molar-refractivity contribution is 0.416. The number of thiocarbonyl (C=S) groups is 1. The number of para-hydroxylation sites is 2. The van der Waals surface area contributed by atoms with Gasteiger partial charge in [0.05, 0.1) is 12.8 Å². The highest BCUT2D eigenvalue weighted by Gasteiger charge is 2.03. The summed E-state index contributed by atoms with van der Waals surface area (Å²) in [6.07, 6.45) is 0. The van der Waals surface area contributed by atoms with Gasteiger partial charge in [0.2, 0.25) is 0 Å². The van der Waals surface area contributed by atoms with Crippen molar-refractivity contribution in [3.05, 3.63) is 24.3 Å². The number of nitrogens with one attached hydrogen (secondary N) is 1. The molecule has 0 atom stereocenters. The van der Waals surface area contributed by atoms with Crippen LogP contribution in [-0.4, -0.2) is 17.8 Å². The van der Waals surface area contributed by atoms with Crippen molar-refractivity contribution >= 4 is 28.6 Å². The van der Waals surface area contributed by atoms with Crippen LogP contribution < -0.4 is 15.9 Å². The Bertz CT molecular complexity index is 464. The van der Waals surface area contributed by atoms with Crippen molar-refractivity contribution < 1.29 is 4.74 Å². The van der Waals surface area contributed by atoms with Crippen molar-refractivity contribution in [3.8, 4) is 11.8 Å². The molecule has 0 aromatic heterocycles. The van der Waals surface area contributed by atoms with Gasteiger partial charge in [-0.3, -0.25) is 5.43 Å². The molecular formula is C10H10N4OS. The van der Waals surface area contributed by atoms with Crippen LogP contribution in [0.5, 0.6) is 5.75 Å². The third kappa shape index (κ3) is 2.93. The second-order valence-electron chi connectivity index (χ2n) is 2.75. The van der Waals surface area contributed by atoms with Crippen molar-refractivity contribution in [1.82, 2.24) is 0 Å². The largest absolute Gasteiger partial charge is 0.495 e. The molecule has 0 heterocycles. The molecule has 0 aliphatic carbocycles. The zero-order valence-electron chi connectivity index (χ0n) is 8.60. The fraction of sp³-hybridized carbons (Fsp3) is 0.100. The first-order chi connectivity index (χ1) is 7.69. The Labute approximate surface area is 98.5 Å². The molecule has 0 aliphatic rings. The summed E-state index contributed by atoms with van der Waals surface area (Å²) in [6.45, 7) is 0. The van der Waals surface area contributed by atoms with E-state index in [4.69, 9.17) is 15.7 Å². The first-order valence-corrected chi connectivity index (χ1v) is 4.76. The van der Waals surface area contributed by atoms with E-state index in [2.05, 4.69) is 22.7 Å². The quantitative estimate of drug-likeness (QED) is 0.465. The first-order valence-electron chi connectivity index (χ1n) is 4.35. The standard InChI is InChI=1S/C10H10N4OS/c1-15-9-5-3-2-4-7(9)13-14-8(6-11)10(12)16/h2-5,13H,1H3,(H2,12,16)/b14-8-. The van der Waals surface area contributed by atoms with E-state index in [-0.39, 0.29) is 10.7 Å². The van der Waals surface area contributed by atoms with Gasteiger partial charge in [-0.05, 0) is 12.1 Å². The molecule has 1 rings (SSSR count). The molecule has 0 radical (unpaired) electrons. The van der Waals surface area contributed by atoms with E-state index in [0.717, 1.165) is 0 Å². The number of nitrogens with two attached hydrogens (primary N) is 1. The summed E-state index contributed by atoms with van der Waals surface area (Å²) in [5.74, 6) is 0.617. The predicted molar refractivity (Wildman–Crippen MR) is 66.5 cm³/mol. The lowest BCUT2D eigenvalue weighted by Gasteiger charge is -2.06. The van der Waals surface area contributed by atoms with Gasteiger partial charge >= 0.3 is 0 Å². The fourth-order valence-electron chi connectivity index (χ4n) is 0.988. The van der Waals surface area contributed by atoms with Gasteiger partial charge in [0.25, 0.3) is 0 Å². The SMILES string of the molecule is COc1ccccc1N/N=C(/C#N)C(N)=S. The molecule has 3 N–H and O–H groups in total. The number of hydrazone groups is 1. The van der Waals surface area contributed by atoms with Crippen LogP contribution in [0.15, 0.2) is 29.4 Å². The van der Waals surface area contributed by atoms with Crippen LogP contribution in [0.1, 0.15) is 0 Å². The molecule has 6 heteroatoms. The number of hydrogen-bond donors (Lipinski definition) is 2. The van der Waals surface area contributed by atoms with Crippen LogP contribution in [0.2, 0.25) is 0 Å². The monoisotopic (exact) mass is 234 g/mol. The van der Waals surface area contributed by atoms with Gasteiger partial charge < -0.3 is 10.5 Å². The topological polar surface area (TPSA) is 83.4 Å². The Hall–Kier alpha value is -2.13. The predicted octanol–water partition coefficient (Wildman–Crippen LogP) is 1.27. The molecule has 16 heavy (non-hydrogen) atoms. The maximum atomic E-state index is 8.68. The number of benzene rings is 1. The summed E-state index contributed by atoms with van der Waals surface area (Å²) >= 11 is 4.65. The van der Waals surface area contributed by atoms with E-state index in [9.17, 15) is 0 Å². The average molecular weight is 234 g/mol. The number of ether oxygens (including phenoxy) is 1. The summed E-state index contributed by atoms with van der Waals surface area (Å²) in [7, 11) is 1.54. The van der Waals surface area contributed by atoms with Crippen LogP contribution in [-0.2, 0) is 0 Å². The highest BCUT2D eigenvalue weighted by Crippen LogP contribution is 2.22. The van der Waals surface area contributed by atoms with Crippen LogP contribution in [0, 0.1) is 11.3 Å². The van der Waals surface area contributed by atoms with Gasteiger partial charge in [0.1, 0.15) is 16.8 Å². The van der Waals surface area contributed by atoms with E-state index < -0.39 is 0 Å². The smallest absolute Gasteiger partial charge is 0.194 e. The molecular weight excluding hydrogens is 224 g/mol. The summed E-state index contributed by atoms with van der Waals surface area (Å²) in [5, 5.41) is 12.5. The molecule has 1 aromatic carbocycles. The molecule has 0 bridgehead atoms. The first kappa shape index (κ1) is 11.9. The Kier molecular flexibility index (Phi) is 4.24. The van der Waals surface area contributed by atoms with Gasteiger partial charge in [-0.2, -0.15) is 10.4 Å². The zero-order chi connectivity index (χ0) is 12.0.